The van der Waals surface area contributed by atoms with Crippen LogP contribution in [-0.2, 0) is 0 Å². The summed E-state index contributed by atoms with van der Waals surface area (Å²) in [6.45, 7) is 6.57. The van der Waals surface area contributed by atoms with Crippen molar-refractivity contribution in [3.63, 3.8) is 0 Å². The van der Waals surface area contributed by atoms with Gasteiger partial charge in [0.2, 0.25) is 0 Å². The van der Waals surface area contributed by atoms with Crippen molar-refractivity contribution >= 4 is 5.91 Å². The number of amides is 1. The van der Waals surface area contributed by atoms with Gasteiger partial charge in [0.25, 0.3) is 11.5 Å². The number of hydrogen-bond donors (Lipinski definition) is 3. The van der Waals surface area contributed by atoms with Gasteiger partial charge < -0.3 is 15.4 Å². The van der Waals surface area contributed by atoms with Crippen LogP contribution in [0.3, 0.4) is 0 Å². The topological polar surface area (TPSA) is 82.2 Å². The highest BCUT2D eigenvalue weighted by Gasteiger charge is 2.14. The number of hydrogen-bond acceptors (Lipinski definition) is 3. The maximum absolute atomic E-state index is 12.0. The number of H-pyrrole nitrogens is 1. The highest BCUT2D eigenvalue weighted by Crippen LogP contribution is 2.14. The van der Waals surface area contributed by atoms with Crippen molar-refractivity contribution in [3.8, 4) is 0 Å². The molecule has 0 aliphatic carbocycles. The van der Waals surface area contributed by atoms with Gasteiger partial charge in [-0.15, -0.1) is 0 Å². The van der Waals surface area contributed by atoms with Crippen molar-refractivity contribution in [1.29, 1.82) is 0 Å². The lowest BCUT2D eigenvalue weighted by Crippen LogP contribution is -2.34. The molecule has 1 unspecified atom stereocenters. The van der Waals surface area contributed by atoms with Crippen LogP contribution in [0.15, 0.2) is 16.9 Å². The largest absolute Gasteiger partial charge is 0.396 e. The Bertz CT molecular complexity index is 494. The molecule has 5 nitrogen and oxygen atoms in total. The van der Waals surface area contributed by atoms with Crippen molar-refractivity contribution in [1.82, 2.24) is 10.3 Å². The van der Waals surface area contributed by atoms with E-state index in [1.807, 2.05) is 0 Å². The zero-order valence-corrected chi connectivity index (χ0v) is 12.4. The molecule has 1 aromatic rings. The average Bonchev–Trinajstić information content (AvgIpc) is 2.35. The third-order valence-corrected chi connectivity index (χ3v) is 3.19. The van der Waals surface area contributed by atoms with Crippen LogP contribution in [-0.4, -0.2) is 29.1 Å². The number of aromatic amines is 1. The summed E-state index contributed by atoms with van der Waals surface area (Å²) in [5.41, 5.74) is 0.484. The van der Waals surface area contributed by atoms with E-state index >= 15 is 0 Å². The Balaban J connectivity index is 2.62. The van der Waals surface area contributed by atoms with Crippen molar-refractivity contribution in [2.75, 3.05) is 13.2 Å². The number of aryl methyl sites for hydroxylation is 1. The van der Waals surface area contributed by atoms with Crippen LogP contribution in [0.5, 0.6) is 0 Å². The van der Waals surface area contributed by atoms with E-state index in [2.05, 4.69) is 24.1 Å². The molecule has 1 amide bonds. The Kier molecular flexibility index (Phi) is 6.45. The van der Waals surface area contributed by atoms with Gasteiger partial charge in [0.05, 0.1) is 0 Å². The standard InChI is InChI=1S/C15H24N2O3/c1-10(2)8-12(6-7-18)9-16-14(19)13-5-4-11(3)17-15(13)20/h4-5,10,12,18H,6-9H2,1-3H3,(H,16,19)(H,17,20). The van der Waals surface area contributed by atoms with Crippen LogP contribution in [0.2, 0.25) is 0 Å². The van der Waals surface area contributed by atoms with Crippen LogP contribution in [0.4, 0.5) is 0 Å². The molecule has 0 saturated heterocycles. The third kappa shape index (κ3) is 5.17. The summed E-state index contributed by atoms with van der Waals surface area (Å²) in [4.78, 5) is 26.3. The molecular formula is C15H24N2O3. The highest BCUT2D eigenvalue weighted by molar-refractivity contribution is 5.93. The van der Waals surface area contributed by atoms with E-state index in [-0.39, 0.29) is 29.6 Å². The summed E-state index contributed by atoms with van der Waals surface area (Å²) in [6.07, 6.45) is 1.59. The van der Waals surface area contributed by atoms with Crippen LogP contribution in [0.1, 0.15) is 42.7 Å². The predicted octanol–water partition coefficient (Wildman–Crippen LogP) is 1.46. The summed E-state index contributed by atoms with van der Waals surface area (Å²) in [6, 6.07) is 3.24. The fourth-order valence-electron chi connectivity index (χ4n) is 2.24. The van der Waals surface area contributed by atoms with Gasteiger partial charge in [-0.2, -0.15) is 0 Å². The first-order chi connectivity index (χ1) is 9.43. The number of rotatable bonds is 7. The maximum atomic E-state index is 12.0. The second-order valence-electron chi connectivity index (χ2n) is 5.60. The smallest absolute Gasteiger partial charge is 0.260 e. The minimum absolute atomic E-state index is 0.109. The quantitative estimate of drug-likeness (QED) is 0.707. The summed E-state index contributed by atoms with van der Waals surface area (Å²) in [5, 5.41) is 11.8. The molecule has 0 aliphatic rings. The molecular weight excluding hydrogens is 256 g/mol. The molecule has 0 aromatic carbocycles. The Morgan fingerprint density at radius 2 is 2.10 bits per heavy atom. The number of aliphatic hydroxyl groups is 1. The summed E-state index contributed by atoms with van der Waals surface area (Å²) < 4.78 is 0. The number of carbonyl (C=O) groups excluding carboxylic acids is 1. The summed E-state index contributed by atoms with van der Waals surface area (Å²) in [7, 11) is 0. The summed E-state index contributed by atoms with van der Waals surface area (Å²) in [5.74, 6) is 0.373. The van der Waals surface area contributed by atoms with Crippen LogP contribution in [0, 0.1) is 18.8 Å². The second kappa shape index (κ2) is 7.85. The second-order valence-corrected chi connectivity index (χ2v) is 5.60. The Labute approximate surface area is 119 Å². The molecule has 0 spiro atoms. The maximum Gasteiger partial charge on any atom is 0.260 e. The molecule has 5 heteroatoms. The van der Waals surface area contributed by atoms with Gasteiger partial charge in [0, 0.05) is 18.8 Å². The van der Waals surface area contributed by atoms with E-state index in [4.69, 9.17) is 5.11 Å². The normalized spacial score (nSPS) is 12.4. The SMILES string of the molecule is Cc1ccc(C(=O)NCC(CCO)CC(C)C)c(=O)[nH]1. The van der Waals surface area contributed by atoms with Gasteiger partial charge in [-0.25, -0.2) is 0 Å². The highest BCUT2D eigenvalue weighted by atomic mass is 16.3. The number of carbonyl (C=O) groups is 1. The molecule has 3 N–H and O–H groups in total. The van der Waals surface area contributed by atoms with Gasteiger partial charge in [-0.1, -0.05) is 13.8 Å². The Hall–Kier alpha value is -1.62. The zero-order valence-electron chi connectivity index (χ0n) is 12.4. The van der Waals surface area contributed by atoms with Crippen LogP contribution in [0.25, 0.3) is 0 Å². The molecule has 112 valence electrons. The lowest BCUT2D eigenvalue weighted by molar-refractivity contribution is 0.0940. The number of aromatic nitrogens is 1. The van der Waals surface area contributed by atoms with Gasteiger partial charge >= 0.3 is 0 Å². The van der Waals surface area contributed by atoms with Gasteiger partial charge in [0.15, 0.2) is 0 Å². The van der Waals surface area contributed by atoms with Crippen LogP contribution < -0.4 is 10.9 Å². The van der Waals surface area contributed by atoms with Crippen molar-refractivity contribution < 1.29 is 9.90 Å². The number of pyridine rings is 1. The Morgan fingerprint density at radius 1 is 1.40 bits per heavy atom. The lowest BCUT2D eigenvalue weighted by atomic mass is 9.94. The van der Waals surface area contributed by atoms with Crippen molar-refractivity contribution in [2.24, 2.45) is 11.8 Å². The van der Waals surface area contributed by atoms with E-state index in [1.165, 1.54) is 6.07 Å². The van der Waals surface area contributed by atoms with E-state index in [0.717, 1.165) is 12.1 Å². The van der Waals surface area contributed by atoms with Crippen LogP contribution >= 0.6 is 0 Å². The predicted molar refractivity (Wildman–Crippen MR) is 78.8 cm³/mol. The molecule has 1 aromatic heterocycles. The van der Waals surface area contributed by atoms with E-state index in [1.54, 1.807) is 13.0 Å². The number of nitrogens with one attached hydrogen (secondary N) is 2. The third-order valence-electron chi connectivity index (χ3n) is 3.19. The van der Waals surface area contributed by atoms with E-state index < -0.39 is 0 Å². The monoisotopic (exact) mass is 280 g/mol. The van der Waals surface area contributed by atoms with E-state index in [9.17, 15) is 9.59 Å². The fourth-order valence-corrected chi connectivity index (χ4v) is 2.24. The van der Waals surface area contributed by atoms with E-state index in [0.29, 0.717) is 18.9 Å². The molecule has 0 aliphatic heterocycles. The molecule has 0 radical (unpaired) electrons. The first-order valence-corrected chi connectivity index (χ1v) is 7.03. The Morgan fingerprint density at radius 3 is 2.65 bits per heavy atom. The fraction of sp³-hybridized carbons (Fsp3) is 0.600. The average molecular weight is 280 g/mol. The molecule has 1 heterocycles. The van der Waals surface area contributed by atoms with Gasteiger partial charge in [-0.05, 0) is 43.7 Å². The minimum atomic E-state index is -0.370. The van der Waals surface area contributed by atoms with Crippen molar-refractivity contribution in [2.45, 2.75) is 33.6 Å². The molecule has 0 fully saturated rings. The molecule has 0 bridgehead atoms. The molecule has 1 atom stereocenters. The first kappa shape index (κ1) is 16.4. The first-order valence-electron chi connectivity index (χ1n) is 7.03. The molecule has 0 saturated carbocycles. The van der Waals surface area contributed by atoms with Gasteiger partial charge in [0.1, 0.15) is 5.56 Å². The summed E-state index contributed by atoms with van der Waals surface area (Å²) >= 11 is 0. The molecule has 20 heavy (non-hydrogen) atoms. The molecule has 1 rings (SSSR count). The van der Waals surface area contributed by atoms with Crippen molar-refractivity contribution in [3.05, 3.63) is 33.7 Å². The lowest BCUT2D eigenvalue weighted by Gasteiger charge is -2.18. The van der Waals surface area contributed by atoms with Gasteiger partial charge in [-0.3, -0.25) is 9.59 Å². The zero-order chi connectivity index (χ0) is 15.1. The minimum Gasteiger partial charge on any atom is -0.396 e. The number of aliphatic hydroxyl groups excluding tert-OH is 1.